The Morgan fingerprint density at radius 2 is 2.22 bits per heavy atom. The van der Waals surface area contributed by atoms with Crippen molar-refractivity contribution in [1.29, 1.82) is 0 Å². The lowest BCUT2D eigenvalue weighted by atomic mass is 9.76. The minimum absolute atomic E-state index is 0.00718. The quantitative estimate of drug-likeness (QED) is 0.796. The number of carbonyl (C=O) groups is 3. The summed E-state index contributed by atoms with van der Waals surface area (Å²) in [6.07, 6.45) is 2.13. The minimum atomic E-state index is -1.03. The molecule has 122 valence electrons. The highest BCUT2D eigenvalue weighted by molar-refractivity contribution is 6.08. The summed E-state index contributed by atoms with van der Waals surface area (Å²) in [5.41, 5.74) is 5.89. The second-order valence-corrected chi connectivity index (χ2v) is 5.89. The number of methoxy groups -OCH3 is 1. The van der Waals surface area contributed by atoms with E-state index in [-0.39, 0.29) is 18.9 Å². The molecule has 1 aliphatic heterocycles. The molecular weight excluding hydrogens is 298 g/mol. The Hall–Kier alpha value is -2.57. The van der Waals surface area contributed by atoms with Gasteiger partial charge in [0.05, 0.1) is 7.11 Å². The Balaban J connectivity index is 1.96. The number of nitrogens with two attached hydrogens (primary N) is 1. The number of benzene rings is 1. The van der Waals surface area contributed by atoms with Gasteiger partial charge in [0.2, 0.25) is 5.91 Å². The maximum Gasteiger partial charge on any atom is 0.325 e. The second-order valence-electron chi connectivity index (χ2n) is 5.89. The number of primary amides is 1. The minimum Gasteiger partial charge on any atom is -0.497 e. The number of nitrogens with one attached hydrogen (secondary N) is 1. The molecule has 1 atom stereocenters. The second kappa shape index (κ2) is 5.57. The van der Waals surface area contributed by atoms with Gasteiger partial charge in [-0.25, -0.2) is 4.79 Å². The van der Waals surface area contributed by atoms with Crippen LogP contribution in [0.4, 0.5) is 4.79 Å². The number of urea groups is 1. The van der Waals surface area contributed by atoms with Crippen LogP contribution in [0.2, 0.25) is 0 Å². The topological polar surface area (TPSA) is 102 Å². The first-order valence-corrected chi connectivity index (χ1v) is 7.58. The van der Waals surface area contributed by atoms with E-state index >= 15 is 0 Å². The summed E-state index contributed by atoms with van der Waals surface area (Å²) in [5.74, 6) is -0.127. The van der Waals surface area contributed by atoms with E-state index in [1.807, 2.05) is 12.1 Å². The molecule has 0 radical (unpaired) electrons. The number of aryl methyl sites for hydroxylation is 1. The number of fused-ring (bicyclic) bond motifs is 2. The van der Waals surface area contributed by atoms with Gasteiger partial charge in [-0.2, -0.15) is 0 Å². The molecule has 1 saturated heterocycles. The lowest BCUT2D eigenvalue weighted by molar-refractivity contribution is -0.132. The van der Waals surface area contributed by atoms with Crippen molar-refractivity contribution in [2.45, 2.75) is 31.2 Å². The van der Waals surface area contributed by atoms with E-state index in [4.69, 9.17) is 10.5 Å². The van der Waals surface area contributed by atoms with Crippen LogP contribution >= 0.6 is 0 Å². The van der Waals surface area contributed by atoms with E-state index in [2.05, 4.69) is 5.32 Å². The number of imide groups is 1. The Bertz CT molecular complexity index is 688. The summed E-state index contributed by atoms with van der Waals surface area (Å²) in [5, 5.41) is 2.83. The van der Waals surface area contributed by atoms with Crippen LogP contribution in [0.3, 0.4) is 0 Å². The Morgan fingerprint density at radius 1 is 1.43 bits per heavy atom. The van der Waals surface area contributed by atoms with Gasteiger partial charge in [0.1, 0.15) is 11.3 Å². The molecule has 1 aliphatic carbocycles. The van der Waals surface area contributed by atoms with Crippen LogP contribution in [-0.4, -0.2) is 36.4 Å². The van der Waals surface area contributed by atoms with Gasteiger partial charge in [0.25, 0.3) is 5.91 Å². The summed E-state index contributed by atoms with van der Waals surface area (Å²) in [7, 11) is 1.59. The summed E-state index contributed by atoms with van der Waals surface area (Å²) in [4.78, 5) is 37.1. The van der Waals surface area contributed by atoms with Gasteiger partial charge >= 0.3 is 6.03 Å². The first-order valence-electron chi connectivity index (χ1n) is 7.58. The average Bonchev–Trinajstić information content (AvgIpc) is 2.76. The Morgan fingerprint density at radius 3 is 2.91 bits per heavy atom. The molecule has 1 heterocycles. The molecule has 1 aromatic carbocycles. The third kappa shape index (κ3) is 2.42. The molecule has 4 amide bonds. The lowest BCUT2D eigenvalue weighted by Gasteiger charge is -2.33. The van der Waals surface area contributed by atoms with Crippen molar-refractivity contribution in [3.63, 3.8) is 0 Å². The van der Waals surface area contributed by atoms with E-state index in [0.717, 1.165) is 34.6 Å². The SMILES string of the molecule is COc1ccc2c(c1)CCC[C@@]21NC(=O)N(CCC(N)=O)C1=O. The number of hydrogen-bond acceptors (Lipinski definition) is 4. The molecule has 1 spiro atoms. The smallest absolute Gasteiger partial charge is 0.325 e. The van der Waals surface area contributed by atoms with E-state index in [1.54, 1.807) is 13.2 Å². The predicted molar refractivity (Wildman–Crippen MR) is 81.7 cm³/mol. The zero-order valence-corrected chi connectivity index (χ0v) is 12.9. The van der Waals surface area contributed by atoms with Gasteiger partial charge < -0.3 is 15.8 Å². The first-order chi connectivity index (χ1) is 11.0. The van der Waals surface area contributed by atoms with Crippen LogP contribution in [0.5, 0.6) is 5.75 Å². The number of nitrogens with zero attached hydrogens (tertiary/aromatic N) is 1. The molecule has 7 nitrogen and oxygen atoms in total. The van der Waals surface area contributed by atoms with Gasteiger partial charge in [-0.15, -0.1) is 0 Å². The molecule has 23 heavy (non-hydrogen) atoms. The third-order valence-corrected chi connectivity index (χ3v) is 4.53. The van der Waals surface area contributed by atoms with Crippen LogP contribution in [0.1, 0.15) is 30.4 Å². The molecule has 0 unspecified atom stereocenters. The van der Waals surface area contributed by atoms with Gasteiger partial charge in [0, 0.05) is 13.0 Å². The van der Waals surface area contributed by atoms with Crippen molar-refractivity contribution in [3.8, 4) is 5.75 Å². The van der Waals surface area contributed by atoms with Crippen LogP contribution in [0.15, 0.2) is 18.2 Å². The molecule has 1 fully saturated rings. The third-order valence-electron chi connectivity index (χ3n) is 4.53. The number of hydrogen-bond donors (Lipinski definition) is 2. The van der Waals surface area contributed by atoms with Crippen LogP contribution in [0.25, 0.3) is 0 Å². The number of rotatable bonds is 4. The van der Waals surface area contributed by atoms with E-state index in [1.165, 1.54) is 0 Å². The van der Waals surface area contributed by atoms with E-state index in [0.29, 0.717) is 6.42 Å². The Labute approximate surface area is 133 Å². The highest BCUT2D eigenvalue weighted by Crippen LogP contribution is 2.41. The standard InChI is InChI=1S/C16H19N3O4/c1-23-11-4-5-12-10(9-11)3-2-7-16(12)14(21)19(15(22)18-16)8-6-13(17)20/h4-5,9H,2-3,6-8H2,1H3,(H2,17,20)(H,18,22)/t16-/m1/s1. The number of amides is 4. The van der Waals surface area contributed by atoms with Crippen molar-refractivity contribution < 1.29 is 19.1 Å². The fourth-order valence-electron chi connectivity index (χ4n) is 3.40. The van der Waals surface area contributed by atoms with Crippen molar-refractivity contribution in [2.75, 3.05) is 13.7 Å². The largest absolute Gasteiger partial charge is 0.497 e. The molecule has 3 N–H and O–H groups in total. The van der Waals surface area contributed by atoms with Crippen molar-refractivity contribution in [1.82, 2.24) is 10.2 Å². The number of ether oxygens (including phenoxy) is 1. The zero-order chi connectivity index (χ0) is 16.6. The maximum absolute atomic E-state index is 12.9. The average molecular weight is 317 g/mol. The van der Waals surface area contributed by atoms with Gasteiger partial charge in [-0.1, -0.05) is 6.07 Å². The normalized spacial score (nSPS) is 22.9. The van der Waals surface area contributed by atoms with Crippen molar-refractivity contribution in [3.05, 3.63) is 29.3 Å². The highest BCUT2D eigenvalue weighted by Gasteiger charge is 2.53. The van der Waals surface area contributed by atoms with Crippen molar-refractivity contribution in [2.24, 2.45) is 5.73 Å². The summed E-state index contributed by atoms with van der Waals surface area (Å²) in [6.45, 7) is 0.00718. The lowest BCUT2D eigenvalue weighted by Crippen LogP contribution is -2.46. The summed E-state index contributed by atoms with van der Waals surface area (Å²) in [6, 6.07) is 5.06. The highest BCUT2D eigenvalue weighted by atomic mass is 16.5. The molecule has 3 rings (SSSR count). The fourth-order valence-corrected chi connectivity index (χ4v) is 3.40. The van der Waals surface area contributed by atoms with E-state index in [9.17, 15) is 14.4 Å². The zero-order valence-electron chi connectivity index (χ0n) is 12.9. The maximum atomic E-state index is 12.9. The summed E-state index contributed by atoms with van der Waals surface area (Å²) >= 11 is 0. The van der Waals surface area contributed by atoms with Gasteiger partial charge in [-0.3, -0.25) is 14.5 Å². The van der Waals surface area contributed by atoms with E-state index < -0.39 is 17.5 Å². The first kappa shape index (κ1) is 15.3. The number of carbonyl (C=O) groups excluding carboxylic acids is 3. The van der Waals surface area contributed by atoms with Crippen LogP contribution in [0, 0.1) is 0 Å². The molecule has 1 aromatic rings. The predicted octanol–water partition coefficient (Wildman–Crippen LogP) is 0.654. The monoisotopic (exact) mass is 317 g/mol. The Kier molecular flexibility index (Phi) is 3.71. The van der Waals surface area contributed by atoms with Crippen molar-refractivity contribution >= 4 is 17.8 Å². The fraction of sp³-hybridized carbons (Fsp3) is 0.438. The van der Waals surface area contributed by atoms with Gasteiger partial charge in [-0.05, 0) is 42.5 Å². The molecule has 0 aromatic heterocycles. The van der Waals surface area contributed by atoms with Crippen LogP contribution < -0.4 is 15.8 Å². The van der Waals surface area contributed by atoms with Crippen LogP contribution in [-0.2, 0) is 21.5 Å². The molecule has 2 aliphatic rings. The molecule has 0 saturated carbocycles. The summed E-state index contributed by atoms with van der Waals surface area (Å²) < 4.78 is 5.23. The molecular formula is C16H19N3O4. The molecule has 0 bridgehead atoms. The van der Waals surface area contributed by atoms with Gasteiger partial charge in [0.15, 0.2) is 0 Å². The molecule has 7 heteroatoms.